The summed E-state index contributed by atoms with van der Waals surface area (Å²) in [5.41, 5.74) is 2.15. The van der Waals surface area contributed by atoms with E-state index < -0.39 is 0 Å². The maximum absolute atomic E-state index is 5.39. The lowest BCUT2D eigenvalue weighted by Gasteiger charge is -2.12. The van der Waals surface area contributed by atoms with Crippen LogP contribution in [0.25, 0.3) is 22.8 Å². The van der Waals surface area contributed by atoms with Crippen LogP contribution in [0.1, 0.15) is 0 Å². The van der Waals surface area contributed by atoms with Crippen molar-refractivity contribution in [1.82, 2.24) is 10.1 Å². The first kappa shape index (κ1) is 17.6. The van der Waals surface area contributed by atoms with Crippen molar-refractivity contribution in [3.63, 3.8) is 0 Å². The monoisotopic (exact) mass is 369 g/mol. The van der Waals surface area contributed by atoms with Crippen molar-refractivity contribution >= 4 is 23.1 Å². The molecule has 0 N–H and O–H groups in total. The molecule has 0 saturated heterocycles. The first-order chi connectivity index (χ1) is 12.7. The number of nitrogens with zero attached hydrogens (tertiary/aromatic N) is 3. The minimum Gasteiger partial charge on any atom is -0.493 e. The van der Waals surface area contributed by atoms with Gasteiger partial charge in [0.2, 0.25) is 11.6 Å². The molecule has 0 spiro atoms. The number of isothiocyanates is 1. The zero-order valence-electron chi connectivity index (χ0n) is 14.3. The summed E-state index contributed by atoms with van der Waals surface area (Å²) in [6.45, 7) is 0. The first-order valence-electron chi connectivity index (χ1n) is 7.52. The van der Waals surface area contributed by atoms with Gasteiger partial charge in [-0.3, -0.25) is 0 Å². The van der Waals surface area contributed by atoms with Gasteiger partial charge >= 0.3 is 0 Å². The predicted molar refractivity (Wildman–Crippen MR) is 99.5 cm³/mol. The van der Waals surface area contributed by atoms with Crippen LogP contribution in [0.15, 0.2) is 45.9 Å². The second-order valence-corrected chi connectivity index (χ2v) is 5.27. The van der Waals surface area contributed by atoms with Crippen LogP contribution in [0.3, 0.4) is 0 Å². The van der Waals surface area contributed by atoms with Gasteiger partial charge in [0.15, 0.2) is 11.5 Å². The van der Waals surface area contributed by atoms with E-state index in [1.807, 2.05) is 12.1 Å². The Labute approximate surface area is 155 Å². The number of aliphatic imine (C=N–C) groups is 1. The van der Waals surface area contributed by atoms with Gasteiger partial charge in [-0.15, -0.1) is 0 Å². The van der Waals surface area contributed by atoms with Crippen LogP contribution < -0.4 is 14.2 Å². The summed E-state index contributed by atoms with van der Waals surface area (Å²) in [5.74, 6) is 2.29. The smallest absolute Gasteiger partial charge is 0.258 e. The van der Waals surface area contributed by atoms with Crippen LogP contribution in [-0.2, 0) is 0 Å². The standard InChI is InChI=1S/C18H15N3O4S/c1-22-14-8-12(9-15(23-2)16(14)24-3)18-20-17(21-25-18)11-4-6-13(7-5-11)19-10-26/h4-9H,1-3H3. The molecule has 0 aliphatic rings. The third-order valence-corrected chi connectivity index (χ3v) is 3.73. The maximum atomic E-state index is 5.39. The molecule has 0 saturated carbocycles. The Morgan fingerprint density at radius 2 is 1.62 bits per heavy atom. The van der Waals surface area contributed by atoms with Crippen molar-refractivity contribution in [2.75, 3.05) is 21.3 Å². The van der Waals surface area contributed by atoms with E-state index in [0.717, 1.165) is 5.56 Å². The lowest BCUT2D eigenvalue weighted by Crippen LogP contribution is -1.95. The molecule has 0 bridgehead atoms. The molecule has 3 rings (SSSR count). The topological polar surface area (TPSA) is 79.0 Å². The zero-order valence-corrected chi connectivity index (χ0v) is 15.2. The fraction of sp³-hybridized carbons (Fsp3) is 0.167. The second kappa shape index (κ2) is 7.77. The zero-order chi connectivity index (χ0) is 18.5. The summed E-state index contributed by atoms with van der Waals surface area (Å²) in [4.78, 5) is 8.35. The van der Waals surface area contributed by atoms with Gasteiger partial charge < -0.3 is 18.7 Å². The molecule has 132 valence electrons. The summed E-state index contributed by atoms with van der Waals surface area (Å²) < 4.78 is 21.4. The predicted octanol–water partition coefficient (Wildman–Crippen LogP) is 4.16. The Kier molecular flexibility index (Phi) is 5.26. The fourth-order valence-electron chi connectivity index (χ4n) is 2.40. The van der Waals surface area contributed by atoms with E-state index >= 15 is 0 Å². The molecule has 1 aromatic heterocycles. The van der Waals surface area contributed by atoms with Crippen LogP contribution in [-0.4, -0.2) is 36.6 Å². The number of aromatic nitrogens is 2. The number of ether oxygens (including phenoxy) is 3. The molecule has 0 unspecified atom stereocenters. The van der Waals surface area contributed by atoms with Crippen molar-refractivity contribution in [3.8, 4) is 40.1 Å². The maximum Gasteiger partial charge on any atom is 0.258 e. The molecule has 0 aliphatic heterocycles. The highest BCUT2D eigenvalue weighted by Gasteiger charge is 2.18. The van der Waals surface area contributed by atoms with E-state index in [4.69, 9.17) is 18.7 Å². The molecule has 0 fully saturated rings. The SMILES string of the molecule is COc1cc(-c2nc(-c3ccc(N=C=S)cc3)no2)cc(OC)c1OC. The van der Waals surface area contributed by atoms with Crippen LogP contribution in [0.2, 0.25) is 0 Å². The van der Waals surface area contributed by atoms with Crippen LogP contribution in [0, 0.1) is 0 Å². The minimum absolute atomic E-state index is 0.334. The summed E-state index contributed by atoms with van der Waals surface area (Å²) >= 11 is 4.59. The van der Waals surface area contributed by atoms with E-state index in [2.05, 4.69) is 32.5 Å². The Balaban J connectivity index is 1.98. The van der Waals surface area contributed by atoms with Crippen LogP contribution in [0.5, 0.6) is 17.2 Å². The van der Waals surface area contributed by atoms with E-state index in [-0.39, 0.29) is 0 Å². The molecule has 7 nitrogen and oxygen atoms in total. The second-order valence-electron chi connectivity index (χ2n) is 5.09. The third kappa shape index (κ3) is 3.42. The minimum atomic E-state index is 0.334. The Bertz CT molecular complexity index is 938. The summed E-state index contributed by atoms with van der Waals surface area (Å²) in [7, 11) is 4.64. The molecule has 0 aliphatic carbocycles. The lowest BCUT2D eigenvalue weighted by molar-refractivity contribution is 0.324. The largest absolute Gasteiger partial charge is 0.493 e. The molecular formula is C18H15N3O4S. The van der Waals surface area contributed by atoms with Crippen molar-refractivity contribution in [2.45, 2.75) is 0 Å². The first-order valence-corrected chi connectivity index (χ1v) is 7.93. The Morgan fingerprint density at radius 1 is 0.962 bits per heavy atom. The summed E-state index contributed by atoms with van der Waals surface area (Å²) in [6.07, 6.45) is 0. The Hall–Kier alpha value is -3.22. The van der Waals surface area contributed by atoms with Gasteiger partial charge in [0, 0.05) is 11.1 Å². The summed E-state index contributed by atoms with van der Waals surface area (Å²) in [6, 6.07) is 10.7. The van der Waals surface area contributed by atoms with Gasteiger partial charge in [0.05, 0.1) is 32.2 Å². The number of benzene rings is 2. The average molecular weight is 369 g/mol. The van der Waals surface area contributed by atoms with Gasteiger partial charge in [0.25, 0.3) is 5.89 Å². The third-order valence-electron chi connectivity index (χ3n) is 3.64. The highest BCUT2D eigenvalue weighted by molar-refractivity contribution is 7.78. The number of hydrogen-bond donors (Lipinski definition) is 0. The highest BCUT2D eigenvalue weighted by atomic mass is 32.1. The summed E-state index contributed by atoms with van der Waals surface area (Å²) in [5, 5.41) is 6.35. The molecule has 0 radical (unpaired) electrons. The molecule has 1 heterocycles. The van der Waals surface area contributed by atoms with Gasteiger partial charge in [-0.1, -0.05) is 5.16 Å². The quantitative estimate of drug-likeness (QED) is 0.477. The average Bonchev–Trinajstić information content (AvgIpc) is 3.17. The molecule has 0 atom stereocenters. The van der Waals surface area contributed by atoms with E-state index in [0.29, 0.717) is 40.2 Å². The normalized spacial score (nSPS) is 10.1. The number of thiocarbonyl (C=S) groups is 1. The van der Waals surface area contributed by atoms with E-state index in [1.54, 1.807) is 45.6 Å². The molecular weight excluding hydrogens is 354 g/mol. The van der Waals surface area contributed by atoms with Gasteiger partial charge in [-0.05, 0) is 48.6 Å². The molecule has 26 heavy (non-hydrogen) atoms. The van der Waals surface area contributed by atoms with Gasteiger partial charge in [0.1, 0.15) is 0 Å². The highest BCUT2D eigenvalue weighted by Crippen LogP contribution is 2.41. The molecule has 8 heteroatoms. The van der Waals surface area contributed by atoms with Crippen LogP contribution >= 0.6 is 12.2 Å². The number of hydrogen-bond acceptors (Lipinski definition) is 8. The van der Waals surface area contributed by atoms with Crippen molar-refractivity contribution in [3.05, 3.63) is 36.4 Å². The molecule has 2 aromatic carbocycles. The van der Waals surface area contributed by atoms with E-state index in [9.17, 15) is 0 Å². The number of rotatable bonds is 6. The number of methoxy groups -OCH3 is 3. The van der Waals surface area contributed by atoms with Crippen molar-refractivity contribution in [2.24, 2.45) is 4.99 Å². The lowest BCUT2D eigenvalue weighted by atomic mass is 10.1. The van der Waals surface area contributed by atoms with Crippen molar-refractivity contribution < 1.29 is 18.7 Å². The molecule has 0 amide bonds. The van der Waals surface area contributed by atoms with Gasteiger partial charge in [-0.25, -0.2) is 0 Å². The fourth-order valence-corrected chi connectivity index (χ4v) is 2.51. The Morgan fingerprint density at radius 3 is 2.15 bits per heavy atom. The van der Waals surface area contributed by atoms with E-state index in [1.165, 1.54) is 0 Å². The van der Waals surface area contributed by atoms with Crippen LogP contribution in [0.4, 0.5) is 5.69 Å². The van der Waals surface area contributed by atoms with Gasteiger partial charge in [-0.2, -0.15) is 9.98 Å². The van der Waals surface area contributed by atoms with Crippen molar-refractivity contribution in [1.29, 1.82) is 0 Å². The molecule has 3 aromatic rings.